The van der Waals surface area contributed by atoms with Crippen molar-refractivity contribution in [1.29, 1.82) is 0 Å². The molecule has 0 aromatic heterocycles. The Morgan fingerprint density at radius 2 is 1.83 bits per heavy atom. The molecule has 1 aliphatic carbocycles. The number of rotatable bonds is 5. The van der Waals surface area contributed by atoms with Gasteiger partial charge in [0.05, 0.1) is 5.56 Å². The maximum absolute atomic E-state index is 14.0. The minimum absolute atomic E-state index is 0.0153. The summed E-state index contributed by atoms with van der Waals surface area (Å²) in [5.41, 5.74) is -2.97. The van der Waals surface area contributed by atoms with E-state index in [-0.39, 0.29) is 12.3 Å². The maximum atomic E-state index is 14.0. The van der Waals surface area contributed by atoms with E-state index in [9.17, 15) is 27.9 Å². The number of ether oxygens (including phenoxy) is 1. The minimum atomic E-state index is -5.16. The van der Waals surface area contributed by atoms with Crippen LogP contribution in [0.25, 0.3) is 0 Å². The predicted octanol–water partition coefficient (Wildman–Crippen LogP) is 4.10. The van der Waals surface area contributed by atoms with Crippen molar-refractivity contribution in [3.05, 3.63) is 65.2 Å². The average molecular weight is 419 g/mol. The fourth-order valence-corrected chi connectivity index (χ4v) is 4.21. The van der Waals surface area contributed by atoms with Crippen molar-refractivity contribution in [2.45, 2.75) is 49.5 Å². The number of cyclic esters (lactones) is 1. The molecule has 1 amide bonds. The van der Waals surface area contributed by atoms with Crippen molar-refractivity contribution in [3.63, 3.8) is 0 Å². The average Bonchev–Trinajstić information content (AvgIpc) is 3.04. The highest BCUT2D eigenvalue weighted by Crippen LogP contribution is 2.52. The topological polar surface area (TPSA) is 75.6 Å². The fraction of sp³-hybridized carbons (Fsp3) is 0.364. The van der Waals surface area contributed by atoms with E-state index in [1.165, 1.54) is 18.2 Å². The summed E-state index contributed by atoms with van der Waals surface area (Å²) in [6.07, 6.45) is -4.28. The second kappa shape index (κ2) is 7.12. The lowest BCUT2D eigenvalue weighted by molar-refractivity contribution is -0.257. The second-order valence-corrected chi connectivity index (χ2v) is 7.94. The van der Waals surface area contributed by atoms with Crippen LogP contribution in [0.1, 0.15) is 47.2 Å². The lowest BCUT2D eigenvalue weighted by atomic mass is 9.59. The molecular formula is C22H20F3NO4. The fourth-order valence-electron chi connectivity index (χ4n) is 4.21. The van der Waals surface area contributed by atoms with E-state index < -0.39 is 35.5 Å². The Morgan fingerprint density at radius 1 is 1.13 bits per heavy atom. The number of anilines is 1. The molecule has 2 aromatic carbocycles. The Hall–Kier alpha value is -2.87. The number of alkyl halides is 3. The van der Waals surface area contributed by atoms with Crippen LogP contribution in [0.4, 0.5) is 18.9 Å². The molecule has 1 fully saturated rings. The normalized spacial score (nSPS) is 19.3. The van der Waals surface area contributed by atoms with Crippen molar-refractivity contribution in [3.8, 4) is 0 Å². The van der Waals surface area contributed by atoms with Gasteiger partial charge in [0.15, 0.2) is 0 Å². The number of benzene rings is 2. The van der Waals surface area contributed by atoms with Crippen LogP contribution in [0.3, 0.4) is 0 Å². The molecule has 5 nitrogen and oxygen atoms in total. The third-order valence-electron chi connectivity index (χ3n) is 6.08. The molecule has 1 aliphatic heterocycles. The zero-order valence-electron chi connectivity index (χ0n) is 16.0. The van der Waals surface area contributed by atoms with Crippen molar-refractivity contribution in [2.75, 3.05) is 5.32 Å². The van der Waals surface area contributed by atoms with Crippen molar-refractivity contribution < 1.29 is 32.6 Å². The molecule has 2 N–H and O–H groups in total. The molecule has 0 radical (unpaired) electrons. The largest absolute Gasteiger partial charge is 0.457 e. The molecule has 30 heavy (non-hydrogen) atoms. The molecule has 4 rings (SSSR count). The SMILES string of the molecule is O=C1OCc2cc(NC(=O)C(O)(CC3(c4ccccc4)CCC3)C(F)(F)F)ccc21. The van der Waals surface area contributed by atoms with Crippen molar-refractivity contribution >= 4 is 17.6 Å². The number of carbonyl (C=O) groups is 2. The number of amides is 1. The molecule has 1 unspecified atom stereocenters. The summed E-state index contributed by atoms with van der Waals surface area (Å²) < 4.78 is 46.7. The summed E-state index contributed by atoms with van der Waals surface area (Å²) >= 11 is 0. The van der Waals surface area contributed by atoms with Crippen LogP contribution < -0.4 is 5.32 Å². The Balaban J connectivity index is 1.62. The van der Waals surface area contributed by atoms with Gasteiger partial charge < -0.3 is 15.2 Å². The highest BCUT2D eigenvalue weighted by atomic mass is 19.4. The lowest BCUT2D eigenvalue weighted by Crippen LogP contribution is -2.59. The standard InChI is InChI=1S/C22H20F3NO4/c23-22(24,25)21(29,13-20(9-4-10-20)15-5-2-1-3-6-15)19(28)26-16-7-8-17-14(11-16)12-30-18(17)27/h1-3,5-8,11,29H,4,9-10,12-13H2,(H,26,28). The third-order valence-corrected chi connectivity index (χ3v) is 6.08. The van der Waals surface area contributed by atoms with Crippen LogP contribution in [0.5, 0.6) is 0 Å². The Kier molecular flexibility index (Phi) is 4.85. The Bertz CT molecular complexity index is 986. The number of nitrogens with one attached hydrogen (secondary N) is 1. The summed E-state index contributed by atoms with van der Waals surface area (Å²) in [7, 11) is 0. The van der Waals surface area contributed by atoms with E-state index >= 15 is 0 Å². The highest BCUT2D eigenvalue weighted by Gasteiger charge is 2.63. The second-order valence-electron chi connectivity index (χ2n) is 7.94. The number of hydrogen-bond acceptors (Lipinski definition) is 4. The number of halogens is 3. The van der Waals surface area contributed by atoms with Crippen LogP contribution in [0, 0.1) is 0 Å². The van der Waals surface area contributed by atoms with Crippen LogP contribution in [-0.4, -0.2) is 28.8 Å². The van der Waals surface area contributed by atoms with E-state index in [4.69, 9.17) is 4.74 Å². The first-order chi connectivity index (χ1) is 14.1. The monoisotopic (exact) mass is 419 g/mol. The van der Waals surface area contributed by atoms with E-state index in [1.54, 1.807) is 30.3 Å². The molecule has 0 spiro atoms. The number of carbonyl (C=O) groups excluding carboxylic acids is 2. The number of fused-ring (bicyclic) bond motifs is 1. The van der Waals surface area contributed by atoms with Gasteiger partial charge in [-0.25, -0.2) is 4.79 Å². The minimum Gasteiger partial charge on any atom is -0.457 e. The van der Waals surface area contributed by atoms with E-state index in [2.05, 4.69) is 5.32 Å². The molecule has 0 bridgehead atoms. The van der Waals surface area contributed by atoms with Crippen molar-refractivity contribution in [2.24, 2.45) is 0 Å². The number of esters is 1. The molecule has 8 heteroatoms. The molecule has 1 heterocycles. The summed E-state index contributed by atoms with van der Waals surface area (Å²) in [6, 6.07) is 12.8. The molecule has 2 aromatic rings. The summed E-state index contributed by atoms with van der Waals surface area (Å²) in [4.78, 5) is 24.2. The van der Waals surface area contributed by atoms with E-state index in [0.717, 1.165) is 6.42 Å². The number of aliphatic hydroxyl groups is 1. The highest BCUT2D eigenvalue weighted by molar-refractivity contribution is 5.99. The van der Waals surface area contributed by atoms with Gasteiger partial charge in [0.1, 0.15) is 6.61 Å². The van der Waals surface area contributed by atoms with E-state index in [0.29, 0.717) is 29.5 Å². The predicted molar refractivity (Wildman–Crippen MR) is 102 cm³/mol. The first-order valence-corrected chi connectivity index (χ1v) is 9.61. The molecule has 1 saturated carbocycles. The summed E-state index contributed by atoms with van der Waals surface area (Å²) in [5, 5.41) is 12.8. The zero-order chi connectivity index (χ0) is 21.6. The lowest BCUT2D eigenvalue weighted by Gasteiger charge is -2.47. The van der Waals surface area contributed by atoms with Gasteiger partial charge in [0.2, 0.25) is 5.60 Å². The van der Waals surface area contributed by atoms with Crippen LogP contribution in [-0.2, 0) is 21.6 Å². The molecule has 2 aliphatic rings. The third kappa shape index (κ3) is 3.35. The first-order valence-electron chi connectivity index (χ1n) is 9.61. The van der Waals surface area contributed by atoms with Gasteiger partial charge in [-0.2, -0.15) is 13.2 Å². The first kappa shape index (κ1) is 20.4. The molecule has 1 atom stereocenters. The Labute approximate surface area is 170 Å². The quantitative estimate of drug-likeness (QED) is 0.716. The van der Waals surface area contributed by atoms with Gasteiger partial charge in [-0.3, -0.25) is 4.79 Å². The van der Waals surface area contributed by atoms with Crippen molar-refractivity contribution in [1.82, 2.24) is 0 Å². The van der Waals surface area contributed by atoms with Crippen LogP contribution in [0.2, 0.25) is 0 Å². The number of hydrogen-bond donors (Lipinski definition) is 2. The zero-order valence-corrected chi connectivity index (χ0v) is 16.0. The molecule has 0 saturated heterocycles. The van der Waals surface area contributed by atoms with Gasteiger partial charge in [0.25, 0.3) is 5.91 Å². The summed E-state index contributed by atoms with van der Waals surface area (Å²) in [5.74, 6) is -2.06. The van der Waals surface area contributed by atoms with Gasteiger partial charge in [-0.05, 0) is 42.0 Å². The smallest absolute Gasteiger partial charge is 0.426 e. The van der Waals surface area contributed by atoms with Crippen LogP contribution >= 0.6 is 0 Å². The van der Waals surface area contributed by atoms with Crippen LogP contribution in [0.15, 0.2) is 48.5 Å². The molecular weight excluding hydrogens is 399 g/mol. The van der Waals surface area contributed by atoms with Gasteiger partial charge >= 0.3 is 12.1 Å². The van der Waals surface area contributed by atoms with Gasteiger partial charge in [0, 0.05) is 17.7 Å². The Morgan fingerprint density at radius 3 is 2.43 bits per heavy atom. The molecule has 158 valence electrons. The van der Waals surface area contributed by atoms with Gasteiger partial charge in [-0.1, -0.05) is 36.8 Å². The van der Waals surface area contributed by atoms with Gasteiger partial charge in [-0.15, -0.1) is 0 Å². The maximum Gasteiger partial charge on any atom is 0.426 e. The van der Waals surface area contributed by atoms with E-state index in [1.807, 2.05) is 0 Å². The summed E-state index contributed by atoms with van der Waals surface area (Å²) in [6.45, 7) is -0.0153.